The van der Waals surface area contributed by atoms with Crippen molar-refractivity contribution in [2.24, 2.45) is 24.8 Å². The lowest BCUT2D eigenvalue weighted by Crippen LogP contribution is -2.61. The van der Waals surface area contributed by atoms with Gasteiger partial charge in [-0.25, -0.2) is 4.68 Å². The van der Waals surface area contributed by atoms with Gasteiger partial charge in [0.2, 0.25) is 11.1 Å². The molecule has 2 aromatic heterocycles. The van der Waals surface area contributed by atoms with Crippen LogP contribution in [0.4, 0.5) is 0 Å². The van der Waals surface area contributed by atoms with E-state index in [0.717, 1.165) is 42.8 Å². The van der Waals surface area contributed by atoms with E-state index in [-0.39, 0.29) is 11.4 Å². The van der Waals surface area contributed by atoms with Crippen LogP contribution >= 0.6 is 11.8 Å². The van der Waals surface area contributed by atoms with E-state index >= 15 is 0 Å². The number of thioether (sulfide) groups is 1. The third-order valence-electron chi connectivity index (χ3n) is 6.68. The zero-order valence-corrected chi connectivity index (χ0v) is 16.4. The van der Waals surface area contributed by atoms with Crippen LogP contribution < -0.4 is 0 Å². The van der Waals surface area contributed by atoms with Gasteiger partial charge >= 0.3 is 0 Å². The fraction of sp³-hybridized carbons (Fsp3) is 0.684. The molecule has 0 N–H and O–H groups in total. The first-order chi connectivity index (χ1) is 13.1. The highest BCUT2D eigenvalue weighted by molar-refractivity contribution is 7.99. The number of nitrogens with zero attached hydrogens (tertiary/aromatic N) is 5. The quantitative estimate of drug-likeness (QED) is 0.710. The minimum atomic E-state index is 0.0112. The van der Waals surface area contributed by atoms with Crippen molar-refractivity contribution in [3.8, 4) is 0 Å². The Morgan fingerprint density at radius 1 is 1.30 bits per heavy atom. The van der Waals surface area contributed by atoms with Gasteiger partial charge in [0.1, 0.15) is 5.76 Å². The van der Waals surface area contributed by atoms with E-state index < -0.39 is 0 Å². The predicted molar refractivity (Wildman–Crippen MR) is 99.7 cm³/mol. The number of aromatic nitrogens is 4. The summed E-state index contributed by atoms with van der Waals surface area (Å²) in [7, 11) is 1.80. The van der Waals surface area contributed by atoms with Crippen molar-refractivity contribution >= 4 is 17.7 Å². The Hall–Kier alpha value is -1.83. The van der Waals surface area contributed by atoms with Gasteiger partial charge in [-0.2, -0.15) is 0 Å². The maximum Gasteiger partial charge on any atom is 0.233 e. The molecule has 4 saturated carbocycles. The van der Waals surface area contributed by atoms with Crippen molar-refractivity contribution < 1.29 is 9.21 Å². The molecular weight excluding hydrogens is 362 g/mol. The van der Waals surface area contributed by atoms with E-state index in [4.69, 9.17) is 4.42 Å². The Morgan fingerprint density at radius 2 is 2.00 bits per heavy atom. The second-order valence-corrected chi connectivity index (χ2v) is 9.52. The van der Waals surface area contributed by atoms with Crippen LogP contribution in [0.1, 0.15) is 44.3 Å². The van der Waals surface area contributed by atoms with Crippen molar-refractivity contribution in [2.45, 2.75) is 55.8 Å². The predicted octanol–water partition coefficient (Wildman–Crippen LogP) is 2.89. The van der Waals surface area contributed by atoms with Gasteiger partial charge in [0, 0.05) is 12.6 Å². The van der Waals surface area contributed by atoms with Gasteiger partial charge in [-0.15, -0.1) is 5.10 Å². The number of furan rings is 1. The van der Waals surface area contributed by atoms with Gasteiger partial charge in [-0.1, -0.05) is 11.8 Å². The van der Waals surface area contributed by atoms with Crippen LogP contribution in [0.2, 0.25) is 0 Å². The van der Waals surface area contributed by atoms with Crippen molar-refractivity contribution in [3.05, 3.63) is 24.2 Å². The topological polar surface area (TPSA) is 77.1 Å². The molecule has 0 saturated heterocycles. The molecule has 144 valence electrons. The van der Waals surface area contributed by atoms with Crippen molar-refractivity contribution in [2.75, 3.05) is 5.75 Å². The SMILES string of the molecule is Cn1nnnc1SCC(=O)N(Cc1ccco1)C12CC3CC(CC(C3)C1)C2. The molecule has 8 heteroatoms. The third kappa shape index (κ3) is 3.17. The lowest BCUT2D eigenvalue weighted by Gasteiger charge is -2.60. The maximum atomic E-state index is 13.4. The minimum absolute atomic E-state index is 0.0112. The number of tetrazole rings is 1. The summed E-state index contributed by atoms with van der Waals surface area (Å²) < 4.78 is 7.22. The number of hydrogen-bond donors (Lipinski definition) is 0. The summed E-state index contributed by atoms with van der Waals surface area (Å²) in [5, 5.41) is 12.2. The molecule has 4 bridgehead atoms. The zero-order valence-electron chi connectivity index (χ0n) is 15.6. The van der Waals surface area contributed by atoms with E-state index in [2.05, 4.69) is 20.4 Å². The first kappa shape index (κ1) is 17.3. The molecule has 0 atom stereocenters. The van der Waals surface area contributed by atoms with E-state index in [0.29, 0.717) is 17.5 Å². The summed E-state index contributed by atoms with van der Waals surface area (Å²) in [6.07, 6.45) is 9.24. The molecule has 6 rings (SSSR count). The summed E-state index contributed by atoms with van der Waals surface area (Å²) in [6.45, 7) is 0.565. The normalized spacial score (nSPS) is 31.4. The van der Waals surface area contributed by atoms with Gasteiger partial charge in [0.25, 0.3) is 0 Å². The zero-order chi connectivity index (χ0) is 18.4. The summed E-state index contributed by atoms with van der Waals surface area (Å²) in [5.74, 6) is 3.76. The number of carbonyl (C=O) groups excluding carboxylic acids is 1. The molecule has 0 unspecified atom stereocenters. The summed E-state index contributed by atoms with van der Waals surface area (Å²) in [5.41, 5.74) is 0.0112. The van der Waals surface area contributed by atoms with Crippen LogP contribution in [0, 0.1) is 17.8 Å². The average molecular weight is 388 g/mol. The molecule has 0 radical (unpaired) electrons. The second kappa shape index (κ2) is 6.65. The number of rotatable bonds is 6. The highest BCUT2D eigenvalue weighted by Gasteiger charge is 2.54. The Morgan fingerprint density at radius 3 is 2.56 bits per heavy atom. The molecule has 2 aromatic rings. The van der Waals surface area contributed by atoms with Gasteiger partial charge in [0.05, 0.1) is 18.6 Å². The molecule has 4 fully saturated rings. The standard InChI is InChI=1S/C19H25N5O2S/c1-23-18(20-21-22-23)27-12-17(25)24(11-16-3-2-4-26-16)19-8-13-5-14(9-19)7-15(6-13)10-19/h2-4,13-15H,5-12H2,1H3. The minimum Gasteiger partial charge on any atom is -0.467 e. The summed E-state index contributed by atoms with van der Waals surface area (Å²) >= 11 is 1.41. The van der Waals surface area contributed by atoms with Gasteiger partial charge < -0.3 is 9.32 Å². The fourth-order valence-electron chi connectivity index (χ4n) is 6.02. The Bertz CT molecular complexity index is 783. The number of carbonyl (C=O) groups is 1. The Kier molecular flexibility index (Phi) is 4.26. The monoisotopic (exact) mass is 387 g/mol. The van der Waals surface area contributed by atoms with Crippen molar-refractivity contribution in [3.63, 3.8) is 0 Å². The van der Waals surface area contributed by atoms with Crippen LogP contribution in [-0.2, 0) is 18.4 Å². The summed E-state index contributed by atoms with van der Waals surface area (Å²) in [4.78, 5) is 15.5. The molecule has 0 aromatic carbocycles. The number of aryl methyl sites for hydroxylation is 1. The first-order valence-corrected chi connectivity index (χ1v) is 10.8. The Labute approximate surface area is 162 Å². The van der Waals surface area contributed by atoms with E-state index in [9.17, 15) is 4.79 Å². The van der Waals surface area contributed by atoms with E-state index in [1.54, 1.807) is 18.0 Å². The molecule has 27 heavy (non-hydrogen) atoms. The average Bonchev–Trinajstić information content (AvgIpc) is 3.28. The largest absolute Gasteiger partial charge is 0.467 e. The molecule has 1 amide bonds. The Balaban J connectivity index is 1.39. The lowest BCUT2D eigenvalue weighted by atomic mass is 9.52. The van der Waals surface area contributed by atoms with Crippen LogP contribution in [0.15, 0.2) is 28.0 Å². The van der Waals surface area contributed by atoms with Gasteiger partial charge in [-0.3, -0.25) is 4.79 Å². The van der Waals surface area contributed by atoms with Crippen LogP contribution in [0.3, 0.4) is 0 Å². The van der Waals surface area contributed by atoms with Crippen LogP contribution in [0.5, 0.6) is 0 Å². The van der Waals surface area contributed by atoms with Crippen LogP contribution in [-0.4, -0.2) is 42.3 Å². The van der Waals surface area contributed by atoms with Crippen molar-refractivity contribution in [1.82, 2.24) is 25.1 Å². The highest BCUT2D eigenvalue weighted by atomic mass is 32.2. The highest BCUT2D eigenvalue weighted by Crippen LogP contribution is 2.58. The van der Waals surface area contributed by atoms with Gasteiger partial charge in [-0.05, 0) is 78.8 Å². The summed E-state index contributed by atoms with van der Waals surface area (Å²) in [6, 6.07) is 3.87. The molecule has 4 aliphatic rings. The number of amides is 1. The third-order valence-corrected chi connectivity index (χ3v) is 7.67. The van der Waals surface area contributed by atoms with E-state index in [1.165, 1.54) is 31.0 Å². The molecule has 0 spiro atoms. The molecule has 2 heterocycles. The molecule has 7 nitrogen and oxygen atoms in total. The molecular formula is C19H25N5O2S. The fourth-order valence-corrected chi connectivity index (χ4v) is 6.75. The van der Waals surface area contributed by atoms with Crippen LogP contribution in [0.25, 0.3) is 0 Å². The number of hydrogen-bond acceptors (Lipinski definition) is 6. The van der Waals surface area contributed by atoms with E-state index in [1.807, 2.05) is 12.1 Å². The first-order valence-electron chi connectivity index (χ1n) is 9.79. The maximum absolute atomic E-state index is 13.4. The lowest BCUT2D eigenvalue weighted by molar-refractivity contribution is -0.150. The van der Waals surface area contributed by atoms with Gasteiger partial charge in [0.15, 0.2) is 0 Å². The molecule has 0 aliphatic heterocycles. The van der Waals surface area contributed by atoms with Crippen molar-refractivity contribution in [1.29, 1.82) is 0 Å². The molecule has 4 aliphatic carbocycles. The second-order valence-electron chi connectivity index (χ2n) is 8.57. The smallest absolute Gasteiger partial charge is 0.233 e.